The van der Waals surface area contributed by atoms with Crippen molar-refractivity contribution in [2.75, 3.05) is 12.3 Å². The summed E-state index contributed by atoms with van der Waals surface area (Å²) >= 11 is 0. The molecular weight excluding hydrogens is 469 g/mol. The highest BCUT2D eigenvalue weighted by Crippen LogP contribution is 2.66. The van der Waals surface area contributed by atoms with Gasteiger partial charge in [-0.2, -0.15) is 13.7 Å². The minimum atomic E-state index is -5.57. The third-order valence-corrected chi connectivity index (χ3v) is 7.93. The van der Waals surface area contributed by atoms with Crippen molar-refractivity contribution in [3.8, 4) is 0 Å². The van der Waals surface area contributed by atoms with E-state index in [-0.39, 0.29) is 5.82 Å². The van der Waals surface area contributed by atoms with Gasteiger partial charge in [0.05, 0.1) is 17.9 Å². The summed E-state index contributed by atoms with van der Waals surface area (Å²) in [6.07, 6.45) is 1.69. The van der Waals surface area contributed by atoms with Crippen molar-refractivity contribution in [2.24, 2.45) is 0 Å². The van der Waals surface area contributed by atoms with E-state index in [0.29, 0.717) is 24.1 Å². The Balaban J connectivity index is 1.65. The van der Waals surface area contributed by atoms with Crippen molar-refractivity contribution in [1.29, 1.82) is 0 Å². The lowest BCUT2D eigenvalue weighted by molar-refractivity contribution is -0.0621. The van der Waals surface area contributed by atoms with Crippen LogP contribution in [0.25, 0.3) is 5.52 Å². The molecule has 0 saturated carbocycles. The van der Waals surface area contributed by atoms with Crippen LogP contribution in [0.1, 0.15) is 31.6 Å². The van der Waals surface area contributed by atoms with Gasteiger partial charge in [0.1, 0.15) is 17.9 Å². The van der Waals surface area contributed by atoms with Gasteiger partial charge in [-0.15, -0.1) is 0 Å². The molecule has 0 radical (unpaired) electrons. The summed E-state index contributed by atoms with van der Waals surface area (Å²) in [5, 5.41) is 4.12. The number of nitrogen functional groups attached to an aromatic ring is 1. The molecule has 2 unspecified atom stereocenters. The van der Waals surface area contributed by atoms with Crippen LogP contribution in [-0.2, 0) is 31.6 Å². The smallest absolute Gasteiger partial charge is 0.382 e. The van der Waals surface area contributed by atoms with Crippen molar-refractivity contribution in [3.63, 3.8) is 0 Å². The topological polar surface area (TPSA) is 225 Å². The summed E-state index contributed by atoms with van der Waals surface area (Å²) < 4.78 is 53.4. The van der Waals surface area contributed by atoms with Crippen molar-refractivity contribution >= 4 is 34.8 Å². The number of nitrogens with two attached hydrogens (primary N) is 1. The fourth-order valence-electron chi connectivity index (χ4n) is 2.95. The van der Waals surface area contributed by atoms with Gasteiger partial charge >= 0.3 is 23.5 Å². The second-order valence-corrected chi connectivity index (χ2v) is 11.1. The lowest BCUT2D eigenvalue weighted by Crippen LogP contribution is -2.29. The summed E-state index contributed by atoms with van der Waals surface area (Å²) in [6, 6.07) is 3.47. The maximum Gasteiger partial charge on any atom is 0.490 e. The maximum atomic E-state index is 11.9. The Morgan fingerprint density at radius 2 is 1.93 bits per heavy atom. The van der Waals surface area contributed by atoms with Crippen LogP contribution in [0.5, 0.6) is 0 Å². The third kappa shape index (κ3) is 5.72. The molecule has 30 heavy (non-hydrogen) atoms. The molecule has 3 rings (SSSR count). The number of aromatic nitrogens is 3. The summed E-state index contributed by atoms with van der Waals surface area (Å²) in [6.45, 7) is 1.05. The standard InChI is InChI=1S/C12H19N4O11P3/c1-12(6-24-29(20,21)27-30(22,23)26-28(17,18)19)5-4-10(25-12)8-2-3-9-11(13)14-7-15-16(8)9/h2-3,7,10H,4-6H2,1H3,(H,20,21)(H,22,23)(H2,13,14,15)(H2,17,18,19)/t10-,12+/m1/s1. The zero-order valence-electron chi connectivity index (χ0n) is 15.3. The SMILES string of the molecule is C[C@@]1(COP(=O)(O)OP(=O)(O)OP(=O)(O)O)CC[C@H](c2ccc3c(N)ncnn23)O1. The number of phosphoric ester groups is 1. The molecule has 0 aromatic carbocycles. The quantitative estimate of drug-likeness (QED) is 0.330. The molecule has 1 fully saturated rings. The fraction of sp³-hybridized carbons (Fsp3) is 0.500. The van der Waals surface area contributed by atoms with Crippen LogP contribution in [0.15, 0.2) is 18.5 Å². The van der Waals surface area contributed by atoms with Gasteiger partial charge in [-0.3, -0.25) is 4.52 Å². The molecule has 2 aromatic heterocycles. The highest BCUT2D eigenvalue weighted by molar-refractivity contribution is 7.66. The number of rotatable bonds is 8. The molecular formula is C12H19N4O11P3. The van der Waals surface area contributed by atoms with Gasteiger partial charge in [-0.05, 0) is 31.9 Å². The molecule has 1 aliphatic heterocycles. The number of phosphoric acid groups is 3. The van der Waals surface area contributed by atoms with Gasteiger partial charge < -0.3 is 30.0 Å². The average molecular weight is 488 g/mol. The molecule has 0 amide bonds. The molecule has 18 heteroatoms. The van der Waals surface area contributed by atoms with E-state index in [4.69, 9.17) is 20.3 Å². The monoisotopic (exact) mass is 488 g/mol. The molecule has 2 aromatic rings. The van der Waals surface area contributed by atoms with Crippen LogP contribution < -0.4 is 5.73 Å². The Bertz CT molecular complexity index is 1090. The zero-order chi connectivity index (χ0) is 22.4. The van der Waals surface area contributed by atoms with Crippen molar-refractivity contribution in [3.05, 3.63) is 24.2 Å². The van der Waals surface area contributed by atoms with E-state index in [1.807, 2.05) is 0 Å². The minimum absolute atomic E-state index is 0.282. The normalized spacial score (nSPS) is 26.5. The van der Waals surface area contributed by atoms with E-state index in [2.05, 4.69) is 23.2 Å². The van der Waals surface area contributed by atoms with Gasteiger partial charge in [0.2, 0.25) is 0 Å². The second kappa shape index (κ2) is 8.05. The second-order valence-electron chi connectivity index (χ2n) is 6.66. The first kappa shape index (κ1) is 23.5. The molecule has 1 saturated heterocycles. The number of hydrogen-bond acceptors (Lipinski definition) is 10. The molecule has 0 aliphatic carbocycles. The van der Waals surface area contributed by atoms with E-state index in [9.17, 15) is 23.5 Å². The van der Waals surface area contributed by atoms with E-state index in [1.54, 1.807) is 23.6 Å². The first-order valence-electron chi connectivity index (χ1n) is 8.23. The minimum Gasteiger partial charge on any atom is -0.382 e. The Hall–Kier alpha value is -1.21. The summed E-state index contributed by atoms with van der Waals surface area (Å²) in [5.74, 6) is 0.282. The number of anilines is 1. The van der Waals surface area contributed by atoms with Crippen molar-refractivity contribution in [2.45, 2.75) is 31.5 Å². The summed E-state index contributed by atoms with van der Waals surface area (Å²) in [4.78, 5) is 39.7. The number of fused-ring (bicyclic) bond motifs is 1. The number of hydrogen-bond donors (Lipinski definition) is 5. The van der Waals surface area contributed by atoms with Crippen LogP contribution in [0.4, 0.5) is 5.82 Å². The third-order valence-electron chi connectivity index (χ3n) is 4.15. The zero-order valence-corrected chi connectivity index (χ0v) is 18.0. The molecule has 0 bridgehead atoms. The summed E-state index contributed by atoms with van der Waals surface area (Å²) in [5.41, 5.74) is 5.96. The molecule has 0 spiro atoms. The number of nitrogens with zero attached hydrogens (tertiary/aromatic N) is 3. The van der Waals surface area contributed by atoms with Gasteiger partial charge in [0.15, 0.2) is 5.82 Å². The van der Waals surface area contributed by atoms with Crippen LogP contribution in [0.3, 0.4) is 0 Å². The first-order chi connectivity index (χ1) is 13.7. The number of ether oxygens (including phenoxy) is 1. The maximum absolute atomic E-state index is 11.9. The van der Waals surface area contributed by atoms with E-state index in [0.717, 1.165) is 0 Å². The largest absolute Gasteiger partial charge is 0.490 e. The lowest BCUT2D eigenvalue weighted by atomic mass is 10.0. The van der Waals surface area contributed by atoms with Gasteiger partial charge in [-0.1, -0.05) is 0 Å². The Morgan fingerprint density at radius 3 is 2.60 bits per heavy atom. The van der Waals surface area contributed by atoms with E-state index < -0.39 is 41.8 Å². The predicted molar refractivity (Wildman–Crippen MR) is 98.7 cm³/mol. The van der Waals surface area contributed by atoms with Crippen molar-refractivity contribution in [1.82, 2.24) is 14.6 Å². The van der Waals surface area contributed by atoms with Crippen LogP contribution in [-0.4, -0.2) is 46.4 Å². The van der Waals surface area contributed by atoms with Gasteiger partial charge in [0, 0.05) is 0 Å². The van der Waals surface area contributed by atoms with Crippen LogP contribution in [0, 0.1) is 0 Å². The highest BCUT2D eigenvalue weighted by Gasteiger charge is 2.44. The van der Waals surface area contributed by atoms with E-state index in [1.165, 1.54) is 6.33 Å². The Kier molecular flexibility index (Phi) is 6.29. The van der Waals surface area contributed by atoms with Crippen molar-refractivity contribution < 1.29 is 51.2 Å². The molecule has 168 valence electrons. The van der Waals surface area contributed by atoms with Gasteiger partial charge in [0.25, 0.3) is 0 Å². The molecule has 1 aliphatic rings. The Labute approximate surface area is 169 Å². The highest BCUT2D eigenvalue weighted by atomic mass is 31.3. The average Bonchev–Trinajstić information content (AvgIpc) is 3.15. The molecule has 15 nitrogen and oxygen atoms in total. The lowest BCUT2D eigenvalue weighted by Gasteiger charge is -2.26. The van der Waals surface area contributed by atoms with Gasteiger partial charge in [-0.25, -0.2) is 23.2 Å². The summed E-state index contributed by atoms with van der Waals surface area (Å²) in [7, 11) is -16.3. The fourth-order valence-corrected chi connectivity index (χ4v) is 6.08. The molecule has 4 atom stereocenters. The first-order valence-corrected chi connectivity index (χ1v) is 12.8. The van der Waals surface area contributed by atoms with Crippen LogP contribution in [0.2, 0.25) is 0 Å². The van der Waals surface area contributed by atoms with Crippen LogP contribution >= 0.6 is 23.5 Å². The van der Waals surface area contributed by atoms with E-state index >= 15 is 0 Å². The Morgan fingerprint density at radius 1 is 1.23 bits per heavy atom. The molecule has 3 heterocycles. The predicted octanol–water partition coefficient (Wildman–Crippen LogP) is 1.26. The molecule has 6 N–H and O–H groups in total.